The van der Waals surface area contributed by atoms with Crippen LogP contribution in [0.5, 0.6) is 5.75 Å². The molecule has 3 rings (SSSR count). The molecule has 1 aliphatic heterocycles. The summed E-state index contributed by atoms with van der Waals surface area (Å²) in [6.45, 7) is 4.33. The van der Waals surface area contributed by atoms with Gasteiger partial charge >= 0.3 is 18.3 Å². The van der Waals surface area contributed by atoms with Crippen LogP contribution in [0.25, 0.3) is 0 Å². The number of carbonyl (C=O) groups excluding carboxylic acids is 2. The molecule has 1 unspecified atom stereocenters. The number of nitrogens with two attached hydrogens (primary N) is 1. The van der Waals surface area contributed by atoms with Gasteiger partial charge in [0, 0.05) is 16.7 Å². The summed E-state index contributed by atoms with van der Waals surface area (Å²) >= 11 is 0. The number of nitrogens with one attached hydrogen (secondary N) is 3. The number of anilines is 1. The average Bonchev–Trinajstić information content (AvgIpc) is 2.85. The van der Waals surface area contributed by atoms with Crippen molar-refractivity contribution in [1.29, 1.82) is 5.41 Å². The molecule has 1 heterocycles. The third kappa shape index (κ3) is 10.2. The molecule has 0 aromatic heterocycles. The van der Waals surface area contributed by atoms with Gasteiger partial charge in [0.25, 0.3) is 0 Å². The number of hydrogen-bond donors (Lipinski definition) is 5. The zero-order valence-electron chi connectivity index (χ0n) is 22.3. The predicted octanol–water partition coefficient (Wildman–Crippen LogP) is 4.24. The first-order chi connectivity index (χ1) is 19.3. The molecule has 1 saturated heterocycles. The maximum absolute atomic E-state index is 13.7. The minimum Gasteiger partial charge on any atom is -0.492 e. The monoisotopic (exact) mass is 606 g/mol. The molecule has 1 atom stereocenters. The van der Waals surface area contributed by atoms with Gasteiger partial charge in [-0.2, -0.15) is 26.3 Å². The van der Waals surface area contributed by atoms with Gasteiger partial charge in [-0.15, -0.1) is 0 Å². The van der Waals surface area contributed by atoms with E-state index in [9.17, 15) is 35.9 Å². The van der Waals surface area contributed by atoms with Gasteiger partial charge in [0.15, 0.2) is 0 Å². The fourth-order valence-corrected chi connectivity index (χ4v) is 3.41. The van der Waals surface area contributed by atoms with Crippen molar-refractivity contribution in [3.63, 3.8) is 0 Å². The number of halogens is 6. The fourth-order valence-electron chi connectivity index (χ4n) is 3.41. The normalized spacial score (nSPS) is 14.8. The predicted molar refractivity (Wildman–Crippen MR) is 137 cm³/mol. The van der Waals surface area contributed by atoms with Crippen LogP contribution in [0.2, 0.25) is 0 Å². The van der Waals surface area contributed by atoms with E-state index in [1.54, 1.807) is 12.1 Å². The highest BCUT2D eigenvalue weighted by molar-refractivity contribution is 6.04. The van der Waals surface area contributed by atoms with E-state index < -0.39 is 48.2 Å². The Labute approximate surface area is 235 Å². The molecule has 2 aromatic rings. The number of amides is 2. The van der Waals surface area contributed by atoms with Crippen molar-refractivity contribution in [2.75, 3.05) is 25.1 Å². The van der Waals surface area contributed by atoms with Gasteiger partial charge in [-0.3, -0.25) is 15.0 Å². The molecule has 0 aliphatic carbocycles. The zero-order chi connectivity index (χ0) is 31.9. The van der Waals surface area contributed by atoms with Gasteiger partial charge in [0.05, 0.1) is 31.4 Å². The van der Waals surface area contributed by atoms with E-state index in [2.05, 4.69) is 10.6 Å². The largest absolute Gasteiger partial charge is 0.492 e. The first kappa shape index (κ1) is 33.9. The SMILES string of the molecule is CC(NC(=O)CC(=O)Nc1ccc(C(=N)N)cc1)c1ccc(OCC2(C)COC2)c(C(F)(F)F)c1.O=C(O)C(F)(F)F. The third-order valence-electron chi connectivity index (χ3n) is 5.71. The first-order valence-electron chi connectivity index (χ1n) is 12.1. The van der Waals surface area contributed by atoms with Crippen LogP contribution >= 0.6 is 0 Å². The third-order valence-corrected chi connectivity index (χ3v) is 5.71. The van der Waals surface area contributed by atoms with E-state index in [4.69, 9.17) is 30.5 Å². The van der Waals surface area contributed by atoms with Crippen molar-refractivity contribution in [3.05, 3.63) is 59.2 Å². The fraction of sp³-hybridized carbons (Fsp3) is 0.385. The average molecular weight is 607 g/mol. The minimum atomic E-state index is -5.08. The van der Waals surface area contributed by atoms with Crippen LogP contribution in [0, 0.1) is 10.8 Å². The molecule has 230 valence electrons. The second-order valence-corrected chi connectivity index (χ2v) is 9.65. The Balaban J connectivity index is 0.000000782. The molecule has 10 nitrogen and oxygen atoms in total. The molecule has 6 N–H and O–H groups in total. The van der Waals surface area contributed by atoms with Gasteiger partial charge in [0.2, 0.25) is 11.8 Å². The molecule has 0 saturated carbocycles. The molecule has 2 amide bonds. The van der Waals surface area contributed by atoms with Crippen molar-refractivity contribution in [3.8, 4) is 5.75 Å². The highest BCUT2D eigenvalue weighted by Crippen LogP contribution is 2.39. The lowest BCUT2D eigenvalue weighted by atomic mass is 9.90. The van der Waals surface area contributed by atoms with Crippen LogP contribution in [0.4, 0.5) is 32.0 Å². The number of nitrogen functional groups attached to an aromatic ring is 1. The summed E-state index contributed by atoms with van der Waals surface area (Å²) in [6, 6.07) is 9.02. The van der Waals surface area contributed by atoms with Crippen LogP contribution < -0.4 is 21.1 Å². The van der Waals surface area contributed by atoms with Crippen LogP contribution in [0.1, 0.15) is 43.0 Å². The summed E-state index contributed by atoms with van der Waals surface area (Å²) in [4.78, 5) is 33.4. The van der Waals surface area contributed by atoms with Crippen molar-refractivity contribution in [2.24, 2.45) is 11.1 Å². The van der Waals surface area contributed by atoms with Crippen LogP contribution in [-0.4, -0.2) is 54.7 Å². The van der Waals surface area contributed by atoms with Gasteiger partial charge in [-0.25, -0.2) is 4.79 Å². The van der Waals surface area contributed by atoms with Crippen LogP contribution in [0.3, 0.4) is 0 Å². The molecule has 2 aromatic carbocycles. The summed E-state index contributed by atoms with van der Waals surface area (Å²) in [5.41, 5.74) is 5.23. The Kier molecular flexibility index (Phi) is 10.9. The van der Waals surface area contributed by atoms with Gasteiger partial charge in [0.1, 0.15) is 18.0 Å². The smallest absolute Gasteiger partial charge is 0.490 e. The van der Waals surface area contributed by atoms with E-state index in [1.165, 1.54) is 31.2 Å². The number of aliphatic carboxylic acids is 1. The maximum atomic E-state index is 13.7. The Morgan fingerprint density at radius 3 is 2.10 bits per heavy atom. The molecule has 0 spiro atoms. The number of carbonyl (C=O) groups is 3. The lowest BCUT2D eigenvalue weighted by Crippen LogP contribution is -2.44. The van der Waals surface area contributed by atoms with Gasteiger partial charge in [-0.1, -0.05) is 13.0 Å². The van der Waals surface area contributed by atoms with E-state index >= 15 is 0 Å². The standard InChI is InChI=1S/C24H27F3N4O4.C2HF3O2/c1-14(30-20(32)10-21(33)31-17-6-3-15(4-7-17)22(28)29)16-5-8-19(18(9-16)24(25,26)27)35-13-23(2)11-34-12-23;3-2(4,5)1(6)7/h3-9,14H,10-13H2,1-2H3,(H3,28,29)(H,30,32)(H,31,33);(H,6,7). The first-order valence-corrected chi connectivity index (χ1v) is 12.1. The Morgan fingerprint density at radius 2 is 1.64 bits per heavy atom. The van der Waals surface area contributed by atoms with Gasteiger partial charge < -0.3 is 30.9 Å². The second kappa shape index (κ2) is 13.5. The number of carboxylic acids is 1. The van der Waals surface area contributed by atoms with E-state index in [0.29, 0.717) is 24.5 Å². The van der Waals surface area contributed by atoms with Crippen molar-refractivity contribution in [2.45, 2.75) is 38.7 Å². The highest BCUT2D eigenvalue weighted by Gasteiger charge is 2.39. The topological polar surface area (TPSA) is 164 Å². The Hall–Kier alpha value is -4.34. The molecule has 0 bridgehead atoms. The Bertz CT molecular complexity index is 1290. The van der Waals surface area contributed by atoms with Crippen LogP contribution in [0.15, 0.2) is 42.5 Å². The number of carboxylic acid groups (broad SMARTS) is 1. The molecular formula is C26H28F6N4O6. The summed E-state index contributed by atoms with van der Waals surface area (Å²) in [7, 11) is 0. The summed E-state index contributed by atoms with van der Waals surface area (Å²) in [5, 5.41) is 19.6. The highest BCUT2D eigenvalue weighted by atomic mass is 19.4. The van der Waals surface area contributed by atoms with E-state index in [0.717, 1.165) is 6.07 Å². The number of rotatable bonds is 9. The number of alkyl halides is 6. The van der Waals surface area contributed by atoms with Crippen molar-refractivity contribution >= 4 is 29.3 Å². The summed E-state index contributed by atoms with van der Waals surface area (Å²) in [6.07, 6.45) is -10.3. The summed E-state index contributed by atoms with van der Waals surface area (Å²) in [5.74, 6) is -4.41. The molecule has 16 heteroatoms. The number of benzene rings is 2. The van der Waals surface area contributed by atoms with E-state index in [1.807, 2.05) is 6.92 Å². The maximum Gasteiger partial charge on any atom is 0.490 e. The lowest BCUT2D eigenvalue weighted by Gasteiger charge is -2.37. The number of hydrogen-bond acceptors (Lipinski definition) is 6. The van der Waals surface area contributed by atoms with E-state index in [-0.39, 0.29) is 29.2 Å². The molecular weight excluding hydrogens is 578 g/mol. The number of amidine groups is 1. The minimum absolute atomic E-state index is 0.0916. The molecule has 42 heavy (non-hydrogen) atoms. The molecule has 0 radical (unpaired) electrons. The number of ether oxygens (including phenoxy) is 2. The second-order valence-electron chi connectivity index (χ2n) is 9.65. The van der Waals surface area contributed by atoms with Crippen molar-refractivity contribution < 1.29 is 55.3 Å². The summed E-state index contributed by atoms with van der Waals surface area (Å²) < 4.78 is 83.3. The molecule has 1 fully saturated rings. The van der Waals surface area contributed by atoms with Gasteiger partial charge in [-0.05, 0) is 48.9 Å². The quantitative estimate of drug-likeness (QED) is 0.123. The lowest BCUT2D eigenvalue weighted by molar-refractivity contribution is -0.192. The van der Waals surface area contributed by atoms with Crippen LogP contribution in [-0.2, 0) is 25.3 Å². The van der Waals surface area contributed by atoms with Crippen molar-refractivity contribution in [1.82, 2.24) is 5.32 Å². The zero-order valence-corrected chi connectivity index (χ0v) is 22.3. The Morgan fingerprint density at radius 1 is 1.07 bits per heavy atom. The molecule has 1 aliphatic rings.